The van der Waals surface area contributed by atoms with Gasteiger partial charge in [-0.15, -0.1) is 0 Å². The number of rotatable bonds is 2. The van der Waals surface area contributed by atoms with Gasteiger partial charge in [0.05, 0.1) is 6.54 Å². The minimum atomic E-state index is -3.68. The number of amides is 1. The third-order valence-corrected chi connectivity index (χ3v) is 4.82. The van der Waals surface area contributed by atoms with Crippen molar-refractivity contribution in [2.45, 2.75) is 11.3 Å². The third kappa shape index (κ3) is 3.78. The highest BCUT2D eigenvalue weighted by molar-refractivity contribution is 7.89. The number of pyridine rings is 1. The van der Waals surface area contributed by atoms with Crippen LogP contribution in [0.25, 0.3) is 0 Å². The molecule has 1 saturated heterocycles. The Kier molecular flexibility index (Phi) is 4.90. The average molecular weight is 308 g/mol. The van der Waals surface area contributed by atoms with Crippen LogP contribution in [0.4, 0.5) is 0 Å². The summed E-state index contributed by atoms with van der Waals surface area (Å²) >= 11 is 0. The maximum absolute atomic E-state index is 12.5. The van der Waals surface area contributed by atoms with Gasteiger partial charge in [0.25, 0.3) is 0 Å². The van der Waals surface area contributed by atoms with Gasteiger partial charge >= 0.3 is 0 Å². The monoisotopic (exact) mass is 308 g/mol. The largest absolute Gasteiger partial charge is 0.355 e. The molecule has 1 fully saturated rings. The number of nitrogens with two attached hydrogens (primary N) is 1. The molecule has 0 unspecified atom stereocenters. The highest BCUT2D eigenvalue weighted by Crippen LogP contribution is 2.16. The van der Waals surface area contributed by atoms with Crippen molar-refractivity contribution in [3.05, 3.63) is 24.0 Å². The first-order valence-corrected chi connectivity index (χ1v) is 7.89. The minimum Gasteiger partial charge on any atom is -0.355 e. The molecule has 0 atom stereocenters. The topological polar surface area (TPSA) is 105 Å². The molecule has 3 N–H and O–H groups in total. The predicted molar refractivity (Wildman–Crippen MR) is 76.6 cm³/mol. The van der Waals surface area contributed by atoms with Crippen LogP contribution >= 0.6 is 0 Å². The maximum Gasteiger partial charge on any atom is 0.244 e. The number of aromatic nitrogens is 1. The summed E-state index contributed by atoms with van der Waals surface area (Å²) in [6, 6.07) is 1.46. The van der Waals surface area contributed by atoms with Crippen molar-refractivity contribution < 1.29 is 13.2 Å². The van der Waals surface area contributed by atoms with Crippen LogP contribution < -0.4 is 11.1 Å². The number of carbonyl (C=O) groups excluding carboxylic acids is 1. The van der Waals surface area contributed by atoms with Gasteiger partial charge in [0.1, 0.15) is 4.90 Å². The van der Waals surface area contributed by atoms with Gasteiger partial charge in [0.15, 0.2) is 0 Å². The maximum atomic E-state index is 12.5. The van der Waals surface area contributed by atoms with E-state index in [2.05, 4.69) is 22.1 Å². The fourth-order valence-electron chi connectivity index (χ4n) is 1.92. The zero-order valence-electron chi connectivity index (χ0n) is 11.4. The molecule has 21 heavy (non-hydrogen) atoms. The van der Waals surface area contributed by atoms with Crippen molar-refractivity contribution in [1.29, 1.82) is 0 Å². The predicted octanol–water partition coefficient (Wildman–Crippen LogP) is -1.10. The molecular formula is C13H16N4O3S. The van der Waals surface area contributed by atoms with Crippen molar-refractivity contribution in [2.24, 2.45) is 5.73 Å². The van der Waals surface area contributed by atoms with Gasteiger partial charge in [-0.3, -0.25) is 9.78 Å². The van der Waals surface area contributed by atoms with E-state index in [1.165, 1.54) is 22.8 Å². The Balaban J connectivity index is 2.28. The van der Waals surface area contributed by atoms with Gasteiger partial charge in [-0.25, -0.2) is 8.42 Å². The molecule has 0 bridgehead atoms. The van der Waals surface area contributed by atoms with Gasteiger partial charge < -0.3 is 11.1 Å². The van der Waals surface area contributed by atoms with Gasteiger partial charge in [-0.05, 0) is 6.07 Å². The Bertz CT molecular complexity index is 691. The third-order valence-electron chi connectivity index (χ3n) is 2.96. The van der Waals surface area contributed by atoms with E-state index in [1.807, 2.05) is 0 Å². The molecule has 1 aliphatic rings. The number of nitrogens with one attached hydrogen (secondary N) is 1. The van der Waals surface area contributed by atoms with E-state index < -0.39 is 10.0 Å². The average Bonchev–Trinajstić information content (AvgIpc) is 2.70. The summed E-state index contributed by atoms with van der Waals surface area (Å²) in [6.45, 7) is 0.898. The quantitative estimate of drug-likeness (QED) is 0.675. The fraction of sp³-hybridized carbons (Fsp3) is 0.385. The molecular weight excluding hydrogens is 292 g/mol. The van der Waals surface area contributed by atoms with E-state index in [0.717, 1.165) is 0 Å². The highest BCUT2D eigenvalue weighted by atomic mass is 32.2. The van der Waals surface area contributed by atoms with Crippen molar-refractivity contribution in [2.75, 3.05) is 26.2 Å². The molecule has 8 heteroatoms. The summed E-state index contributed by atoms with van der Waals surface area (Å²) in [7, 11) is -3.68. The van der Waals surface area contributed by atoms with Crippen LogP contribution in [-0.4, -0.2) is 49.8 Å². The summed E-state index contributed by atoms with van der Waals surface area (Å²) < 4.78 is 26.4. The Morgan fingerprint density at radius 3 is 2.95 bits per heavy atom. The lowest BCUT2D eigenvalue weighted by Crippen LogP contribution is -2.34. The first kappa shape index (κ1) is 15.4. The molecule has 2 heterocycles. The first-order chi connectivity index (χ1) is 10.0. The van der Waals surface area contributed by atoms with Gasteiger partial charge in [-0.1, -0.05) is 11.8 Å². The summed E-state index contributed by atoms with van der Waals surface area (Å²) in [6.07, 6.45) is 2.91. The van der Waals surface area contributed by atoms with E-state index in [4.69, 9.17) is 5.73 Å². The van der Waals surface area contributed by atoms with E-state index in [1.54, 1.807) is 0 Å². The Morgan fingerprint density at radius 2 is 2.19 bits per heavy atom. The summed E-state index contributed by atoms with van der Waals surface area (Å²) in [5, 5.41) is 2.64. The lowest BCUT2D eigenvalue weighted by atomic mass is 10.3. The number of hydrogen-bond acceptors (Lipinski definition) is 5. The second-order valence-electron chi connectivity index (χ2n) is 4.42. The zero-order valence-corrected chi connectivity index (χ0v) is 12.2. The highest BCUT2D eigenvalue weighted by Gasteiger charge is 2.27. The molecule has 0 radical (unpaired) electrons. The standard InChI is InChI=1S/C13H16N4O3S/c14-4-1-2-11-8-12(10-15-9-11)21(19,20)17-6-3-13(18)16-5-7-17/h8-10H,3-7,14H2,(H,16,18). The van der Waals surface area contributed by atoms with Gasteiger partial charge in [0.2, 0.25) is 15.9 Å². The van der Waals surface area contributed by atoms with E-state index in [-0.39, 0.29) is 36.9 Å². The second-order valence-corrected chi connectivity index (χ2v) is 6.36. The van der Waals surface area contributed by atoms with E-state index >= 15 is 0 Å². The smallest absolute Gasteiger partial charge is 0.244 e. The number of nitrogens with zero attached hydrogens (tertiary/aromatic N) is 2. The Morgan fingerprint density at radius 1 is 1.38 bits per heavy atom. The van der Waals surface area contributed by atoms with Crippen LogP contribution in [0.5, 0.6) is 0 Å². The second kappa shape index (κ2) is 6.67. The van der Waals surface area contributed by atoms with Crippen LogP contribution in [0.2, 0.25) is 0 Å². The van der Waals surface area contributed by atoms with Crippen molar-refractivity contribution in [3.8, 4) is 11.8 Å². The Labute approximate surface area is 123 Å². The van der Waals surface area contributed by atoms with E-state index in [0.29, 0.717) is 12.1 Å². The van der Waals surface area contributed by atoms with Crippen molar-refractivity contribution in [3.63, 3.8) is 0 Å². The molecule has 0 spiro atoms. The van der Waals surface area contributed by atoms with Crippen LogP contribution in [0.1, 0.15) is 12.0 Å². The molecule has 0 aromatic carbocycles. The van der Waals surface area contributed by atoms with Crippen LogP contribution in [0.15, 0.2) is 23.4 Å². The van der Waals surface area contributed by atoms with Gasteiger partial charge in [-0.2, -0.15) is 4.31 Å². The molecule has 1 aliphatic heterocycles. The zero-order chi connectivity index (χ0) is 15.3. The summed E-state index contributed by atoms with van der Waals surface area (Å²) in [5.41, 5.74) is 5.78. The normalized spacial score (nSPS) is 16.5. The Hall–Kier alpha value is -1.95. The van der Waals surface area contributed by atoms with Crippen LogP contribution in [0, 0.1) is 11.8 Å². The molecule has 0 saturated carbocycles. The molecule has 1 amide bonds. The number of hydrogen-bond donors (Lipinski definition) is 2. The SMILES string of the molecule is NCC#Cc1cncc(S(=O)(=O)N2CCNC(=O)CC2)c1. The summed E-state index contributed by atoms with van der Waals surface area (Å²) in [5.74, 6) is 5.26. The van der Waals surface area contributed by atoms with Crippen LogP contribution in [-0.2, 0) is 14.8 Å². The van der Waals surface area contributed by atoms with Crippen molar-refractivity contribution >= 4 is 15.9 Å². The lowest BCUT2D eigenvalue weighted by molar-refractivity contribution is -0.120. The van der Waals surface area contributed by atoms with Gasteiger partial charge in [0, 0.05) is 44.0 Å². The minimum absolute atomic E-state index is 0.0701. The number of carbonyl (C=O) groups is 1. The molecule has 2 rings (SSSR count). The number of sulfonamides is 1. The molecule has 0 aliphatic carbocycles. The summed E-state index contributed by atoms with van der Waals surface area (Å²) in [4.78, 5) is 15.3. The first-order valence-electron chi connectivity index (χ1n) is 6.45. The molecule has 1 aromatic rings. The van der Waals surface area contributed by atoms with Crippen molar-refractivity contribution in [1.82, 2.24) is 14.6 Å². The molecule has 1 aromatic heterocycles. The lowest BCUT2D eigenvalue weighted by Gasteiger charge is -2.18. The molecule has 112 valence electrons. The molecule has 7 nitrogen and oxygen atoms in total. The fourth-order valence-corrected chi connectivity index (χ4v) is 3.35. The van der Waals surface area contributed by atoms with Crippen LogP contribution in [0.3, 0.4) is 0 Å². The van der Waals surface area contributed by atoms with E-state index in [9.17, 15) is 13.2 Å².